The summed E-state index contributed by atoms with van der Waals surface area (Å²) in [4.78, 5) is 26.8. The molecule has 39 heavy (non-hydrogen) atoms. The fraction of sp³-hybridized carbons (Fsp3) is 0.533. The van der Waals surface area contributed by atoms with Crippen LogP contribution >= 0.6 is 0 Å². The molecule has 0 aliphatic carbocycles. The van der Waals surface area contributed by atoms with E-state index in [0.29, 0.717) is 41.5 Å². The molecular formula is C30H42N2O7. The number of aliphatic carboxylic acids is 1. The molecule has 0 aromatic heterocycles. The Labute approximate surface area is 231 Å². The molecule has 0 saturated carbocycles. The highest BCUT2D eigenvalue weighted by atomic mass is 16.5. The van der Waals surface area contributed by atoms with E-state index in [1.54, 1.807) is 25.3 Å². The summed E-state index contributed by atoms with van der Waals surface area (Å²) < 4.78 is 23.2. The molecule has 2 aromatic rings. The van der Waals surface area contributed by atoms with E-state index >= 15 is 0 Å². The molecule has 1 aliphatic rings. The van der Waals surface area contributed by atoms with Gasteiger partial charge in [-0.05, 0) is 89.9 Å². The highest BCUT2D eigenvalue weighted by Gasteiger charge is 2.28. The van der Waals surface area contributed by atoms with Gasteiger partial charge >= 0.3 is 5.97 Å². The van der Waals surface area contributed by atoms with Crippen LogP contribution in [0.5, 0.6) is 23.0 Å². The van der Waals surface area contributed by atoms with E-state index < -0.39 is 5.97 Å². The Morgan fingerprint density at radius 3 is 2.08 bits per heavy atom. The van der Waals surface area contributed by atoms with Crippen LogP contribution in [0, 0.1) is 0 Å². The summed E-state index contributed by atoms with van der Waals surface area (Å²) in [6.07, 6.45) is 2.06. The molecule has 2 N–H and O–H groups in total. The lowest BCUT2D eigenvalue weighted by atomic mass is 10.0. The van der Waals surface area contributed by atoms with Crippen LogP contribution in [0.15, 0.2) is 36.4 Å². The molecule has 2 aromatic carbocycles. The first kappa shape index (κ1) is 30.1. The van der Waals surface area contributed by atoms with E-state index in [2.05, 4.69) is 5.32 Å². The third kappa shape index (κ3) is 9.66. The average Bonchev–Trinajstić information content (AvgIpc) is 2.88. The number of carboxylic acids is 1. The number of piperidine rings is 1. The number of rotatable bonds is 14. The molecule has 0 atom stereocenters. The molecule has 0 radical (unpaired) electrons. The summed E-state index contributed by atoms with van der Waals surface area (Å²) in [6.45, 7) is 10.2. The van der Waals surface area contributed by atoms with Crippen molar-refractivity contribution in [2.24, 2.45) is 0 Å². The van der Waals surface area contributed by atoms with Crippen molar-refractivity contribution in [1.82, 2.24) is 10.2 Å². The predicted octanol–water partition coefficient (Wildman–Crippen LogP) is 4.91. The van der Waals surface area contributed by atoms with Gasteiger partial charge in [-0.25, -0.2) is 0 Å². The van der Waals surface area contributed by atoms with Gasteiger partial charge in [0.05, 0.1) is 25.9 Å². The fourth-order valence-corrected chi connectivity index (χ4v) is 4.56. The molecular weight excluding hydrogens is 500 g/mol. The van der Waals surface area contributed by atoms with E-state index in [0.717, 1.165) is 31.5 Å². The highest BCUT2D eigenvalue weighted by Crippen LogP contribution is 2.29. The Bertz CT molecular complexity index is 1070. The number of carboxylic acid groups (broad SMARTS) is 1. The molecule has 214 valence electrons. The molecule has 1 heterocycles. The third-order valence-electron chi connectivity index (χ3n) is 6.21. The van der Waals surface area contributed by atoms with Gasteiger partial charge in [0, 0.05) is 36.7 Å². The number of methoxy groups -OCH3 is 1. The van der Waals surface area contributed by atoms with Crippen LogP contribution in [-0.4, -0.2) is 66.9 Å². The lowest BCUT2D eigenvalue weighted by molar-refractivity contribution is -0.137. The van der Waals surface area contributed by atoms with Gasteiger partial charge in [0.1, 0.15) is 23.0 Å². The standard InChI is InChI=1S/C30H42N2O7/c1-20(2)38-27-13-22(14-28(18-27)39-21(3)4)19-32(24-8-10-31-11-9-24)30(35)23-15-25(36-5)17-26(16-23)37-12-6-7-29(33)34/h13-18,20-21,24,31H,6-12,19H2,1-5H3,(H,33,34). The van der Waals surface area contributed by atoms with Gasteiger partial charge < -0.3 is 34.3 Å². The van der Waals surface area contributed by atoms with E-state index in [9.17, 15) is 9.59 Å². The Hall–Kier alpha value is -3.46. The summed E-state index contributed by atoms with van der Waals surface area (Å²) in [6, 6.07) is 11.0. The van der Waals surface area contributed by atoms with Gasteiger partial charge in [-0.3, -0.25) is 9.59 Å². The van der Waals surface area contributed by atoms with Crippen molar-refractivity contribution in [3.63, 3.8) is 0 Å². The van der Waals surface area contributed by atoms with Gasteiger partial charge in [-0.2, -0.15) is 0 Å². The summed E-state index contributed by atoms with van der Waals surface area (Å²) in [5.74, 6) is 1.37. The number of hydrogen-bond donors (Lipinski definition) is 2. The van der Waals surface area contributed by atoms with Crippen molar-refractivity contribution in [1.29, 1.82) is 0 Å². The number of ether oxygens (including phenoxy) is 4. The molecule has 9 heteroatoms. The first-order valence-corrected chi connectivity index (χ1v) is 13.7. The minimum absolute atomic E-state index is 0.00000654. The van der Waals surface area contributed by atoms with Gasteiger partial charge in [0.15, 0.2) is 0 Å². The predicted molar refractivity (Wildman–Crippen MR) is 149 cm³/mol. The Balaban J connectivity index is 1.92. The first-order valence-electron chi connectivity index (χ1n) is 13.7. The van der Waals surface area contributed by atoms with E-state index in [1.807, 2.05) is 50.8 Å². The van der Waals surface area contributed by atoms with Crippen molar-refractivity contribution in [3.8, 4) is 23.0 Å². The summed E-state index contributed by atoms with van der Waals surface area (Å²) >= 11 is 0. The maximum atomic E-state index is 14.1. The molecule has 9 nitrogen and oxygen atoms in total. The van der Waals surface area contributed by atoms with E-state index in [1.165, 1.54) is 0 Å². The molecule has 0 spiro atoms. The summed E-state index contributed by atoms with van der Waals surface area (Å²) in [7, 11) is 1.54. The fourth-order valence-electron chi connectivity index (χ4n) is 4.56. The minimum atomic E-state index is -0.873. The maximum Gasteiger partial charge on any atom is 0.303 e. The SMILES string of the molecule is COc1cc(OCCCC(=O)O)cc(C(=O)N(Cc2cc(OC(C)C)cc(OC(C)C)c2)C2CCNCC2)c1. The van der Waals surface area contributed by atoms with E-state index in [-0.39, 0.29) is 37.2 Å². The monoisotopic (exact) mass is 542 g/mol. The van der Waals surface area contributed by atoms with Crippen molar-refractivity contribution in [2.45, 2.75) is 78.2 Å². The number of hydrogen-bond acceptors (Lipinski definition) is 7. The van der Waals surface area contributed by atoms with Crippen molar-refractivity contribution < 1.29 is 33.6 Å². The number of carbonyl (C=O) groups excluding carboxylic acids is 1. The zero-order chi connectivity index (χ0) is 28.4. The van der Waals surface area contributed by atoms with Gasteiger partial charge in [0.2, 0.25) is 0 Å². The zero-order valence-corrected chi connectivity index (χ0v) is 23.7. The minimum Gasteiger partial charge on any atom is -0.497 e. The maximum absolute atomic E-state index is 14.1. The molecule has 0 unspecified atom stereocenters. The Morgan fingerprint density at radius 1 is 0.923 bits per heavy atom. The van der Waals surface area contributed by atoms with Gasteiger partial charge in [-0.15, -0.1) is 0 Å². The Kier molecular flexibility index (Phi) is 11.3. The van der Waals surface area contributed by atoms with Crippen LogP contribution in [0.1, 0.15) is 69.3 Å². The van der Waals surface area contributed by atoms with Crippen LogP contribution < -0.4 is 24.3 Å². The number of carbonyl (C=O) groups is 2. The van der Waals surface area contributed by atoms with Crippen molar-refractivity contribution >= 4 is 11.9 Å². The summed E-state index contributed by atoms with van der Waals surface area (Å²) in [5.41, 5.74) is 1.37. The molecule has 1 fully saturated rings. The number of benzene rings is 2. The van der Waals surface area contributed by atoms with Crippen molar-refractivity contribution in [3.05, 3.63) is 47.5 Å². The Morgan fingerprint density at radius 2 is 1.51 bits per heavy atom. The van der Waals surface area contributed by atoms with Gasteiger partial charge in [-0.1, -0.05) is 0 Å². The number of nitrogens with zero attached hydrogens (tertiary/aromatic N) is 1. The quantitative estimate of drug-likeness (QED) is 0.325. The number of nitrogens with one attached hydrogen (secondary N) is 1. The van der Waals surface area contributed by atoms with Crippen LogP contribution in [0.3, 0.4) is 0 Å². The third-order valence-corrected chi connectivity index (χ3v) is 6.21. The second-order valence-electron chi connectivity index (χ2n) is 10.3. The smallest absolute Gasteiger partial charge is 0.303 e. The van der Waals surface area contributed by atoms with Crippen LogP contribution in [0.25, 0.3) is 0 Å². The highest BCUT2D eigenvalue weighted by molar-refractivity contribution is 5.95. The van der Waals surface area contributed by atoms with Crippen LogP contribution in [0.2, 0.25) is 0 Å². The number of amides is 1. The average molecular weight is 543 g/mol. The second-order valence-corrected chi connectivity index (χ2v) is 10.3. The molecule has 3 rings (SSSR count). The largest absolute Gasteiger partial charge is 0.497 e. The van der Waals surface area contributed by atoms with Gasteiger partial charge in [0.25, 0.3) is 5.91 Å². The molecule has 1 saturated heterocycles. The van der Waals surface area contributed by atoms with Crippen LogP contribution in [0.4, 0.5) is 0 Å². The lowest BCUT2D eigenvalue weighted by Crippen LogP contribution is -2.45. The first-order chi connectivity index (χ1) is 18.6. The van der Waals surface area contributed by atoms with Crippen LogP contribution in [-0.2, 0) is 11.3 Å². The van der Waals surface area contributed by atoms with Crippen molar-refractivity contribution in [2.75, 3.05) is 26.8 Å². The lowest BCUT2D eigenvalue weighted by Gasteiger charge is -2.35. The molecule has 1 amide bonds. The van der Waals surface area contributed by atoms with E-state index in [4.69, 9.17) is 24.1 Å². The topological polar surface area (TPSA) is 107 Å². The molecule has 1 aliphatic heterocycles. The summed E-state index contributed by atoms with van der Waals surface area (Å²) in [5, 5.41) is 12.3. The molecule has 0 bridgehead atoms. The second kappa shape index (κ2) is 14.6. The normalized spacial score (nSPS) is 13.8. The zero-order valence-electron chi connectivity index (χ0n) is 23.7.